The van der Waals surface area contributed by atoms with Crippen LogP contribution in [0.3, 0.4) is 0 Å². The van der Waals surface area contributed by atoms with Crippen molar-refractivity contribution in [3.63, 3.8) is 0 Å². The molecule has 178 valence electrons. The van der Waals surface area contributed by atoms with Crippen LogP contribution in [0.15, 0.2) is 53.0 Å². The minimum absolute atomic E-state index is 0.0187. The molecule has 1 aliphatic carbocycles. The average Bonchev–Trinajstić information content (AvgIpc) is 3.57. The molecule has 0 aromatic heterocycles. The monoisotopic (exact) mass is 544 g/mol. The zero-order valence-electron chi connectivity index (χ0n) is 17.7. The first kappa shape index (κ1) is 24.4. The molecule has 4 atom stereocenters. The van der Waals surface area contributed by atoms with Crippen molar-refractivity contribution in [2.45, 2.75) is 55.5 Å². The quantitative estimate of drug-likeness (QED) is 0.500. The van der Waals surface area contributed by atoms with E-state index in [1.165, 1.54) is 11.0 Å². The fourth-order valence-electron chi connectivity index (χ4n) is 3.91. The molecule has 1 saturated carbocycles. The van der Waals surface area contributed by atoms with Gasteiger partial charge < -0.3 is 14.2 Å². The third-order valence-electron chi connectivity index (χ3n) is 5.97. The van der Waals surface area contributed by atoms with Gasteiger partial charge in [-0.05, 0) is 46.0 Å². The second-order valence-electron chi connectivity index (χ2n) is 8.32. The summed E-state index contributed by atoms with van der Waals surface area (Å²) >= 11 is 1.01. The van der Waals surface area contributed by atoms with Gasteiger partial charge in [0.25, 0.3) is 5.00 Å². The molecule has 1 unspecified atom stereocenters. The van der Waals surface area contributed by atoms with Gasteiger partial charge in [-0.2, -0.15) is 4.39 Å². The Morgan fingerprint density at radius 2 is 1.97 bits per heavy atom. The first-order valence-corrected chi connectivity index (χ1v) is 12.6. The van der Waals surface area contributed by atoms with Crippen molar-refractivity contribution in [2.75, 3.05) is 6.54 Å². The Bertz CT molecular complexity index is 983. The average molecular weight is 545 g/mol. The van der Waals surface area contributed by atoms with Gasteiger partial charge in [0, 0.05) is 19.4 Å². The smallest absolute Gasteiger partial charge is 0.410 e. The summed E-state index contributed by atoms with van der Waals surface area (Å²) in [7, 11) is 0. The van der Waals surface area contributed by atoms with E-state index in [4.69, 9.17) is 4.74 Å². The Morgan fingerprint density at radius 1 is 1.24 bits per heavy atom. The normalized spacial score (nSPS) is 24.9. The molecule has 2 aliphatic rings. The first-order valence-electron chi connectivity index (χ1n) is 10.7. The number of nitrogens with zero attached hydrogens (tertiary/aromatic N) is 1. The fourth-order valence-corrected chi connectivity index (χ4v) is 5.55. The SMILES string of the molecule is O=C(OCc1ccccc1)N1CC[C@H](F)[C@H](N[S+]([O-])C2(F)CC2)[C@@H]1Cc1cccc(Br)c1F. The number of hydrogen-bond donors (Lipinski definition) is 1. The standard InChI is InChI=1S/C23H24BrF3N2O3S/c24-17-8-4-7-16(20(17)26)13-19-21(28-33(31)23(27)10-11-23)18(25)9-12-29(19)22(30)32-14-15-5-2-1-3-6-15/h1-8,18-19,21,28H,9-14H2/t18-,19-,21-,33?/m0/s1. The van der Waals surface area contributed by atoms with Gasteiger partial charge in [-0.3, -0.25) is 0 Å². The summed E-state index contributed by atoms with van der Waals surface area (Å²) in [6.07, 6.45) is -2.01. The molecule has 2 aromatic carbocycles. The molecule has 0 radical (unpaired) electrons. The number of carbonyl (C=O) groups is 1. The third-order valence-corrected chi connectivity index (χ3v) is 8.14. The highest BCUT2D eigenvalue weighted by Gasteiger charge is 2.58. The first-order chi connectivity index (χ1) is 15.8. The number of nitrogens with one attached hydrogen (secondary N) is 1. The van der Waals surface area contributed by atoms with E-state index < -0.39 is 46.5 Å². The van der Waals surface area contributed by atoms with Crippen molar-refractivity contribution >= 4 is 33.4 Å². The Morgan fingerprint density at radius 3 is 2.67 bits per heavy atom. The molecule has 2 aromatic rings. The van der Waals surface area contributed by atoms with Gasteiger partial charge in [0.15, 0.2) is 0 Å². The number of carbonyl (C=O) groups excluding carboxylic acids is 1. The van der Waals surface area contributed by atoms with Crippen LogP contribution >= 0.6 is 15.9 Å². The van der Waals surface area contributed by atoms with E-state index in [9.17, 15) is 18.1 Å². The molecule has 1 aliphatic heterocycles. The Hall–Kier alpha value is -1.75. The molecule has 10 heteroatoms. The van der Waals surface area contributed by atoms with Crippen molar-refractivity contribution in [1.82, 2.24) is 9.62 Å². The van der Waals surface area contributed by atoms with Crippen molar-refractivity contribution in [2.24, 2.45) is 0 Å². The number of hydrogen-bond acceptors (Lipinski definition) is 4. The number of ether oxygens (including phenoxy) is 1. The highest BCUT2D eigenvalue weighted by molar-refractivity contribution is 9.10. The van der Waals surface area contributed by atoms with Crippen molar-refractivity contribution in [1.29, 1.82) is 0 Å². The molecule has 1 saturated heterocycles. The fraction of sp³-hybridized carbons (Fsp3) is 0.435. The lowest BCUT2D eigenvalue weighted by molar-refractivity contribution is 0.0352. The Balaban J connectivity index is 1.57. The zero-order valence-corrected chi connectivity index (χ0v) is 20.1. The van der Waals surface area contributed by atoms with E-state index in [1.807, 2.05) is 18.2 Å². The lowest BCUT2D eigenvalue weighted by Gasteiger charge is -2.42. The van der Waals surface area contributed by atoms with E-state index in [-0.39, 0.29) is 48.9 Å². The van der Waals surface area contributed by atoms with Gasteiger partial charge in [-0.25, -0.2) is 13.6 Å². The number of halogens is 4. The summed E-state index contributed by atoms with van der Waals surface area (Å²) in [4.78, 5) is 14.3. The van der Waals surface area contributed by atoms with Crippen LogP contribution in [0.4, 0.5) is 18.0 Å². The van der Waals surface area contributed by atoms with E-state index in [0.29, 0.717) is 0 Å². The highest BCUT2D eigenvalue weighted by Crippen LogP contribution is 2.45. The molecular formula is C23H24BrF3N2O3S. The molecule has 2 fully saturated rings. The molecule has 4 rings (SSSR count). The number of benzene rings is 2. The maximum Gasteiger partial charge on any atom is 0.410 e. The van der Waals surface area contributed by atoms with E-state index in [2.05, 4.69) is 20.7 Å². The van der Waals surface area contributed by atoms with Gasteiger partial charge in [0.05, 0.1) is 21.9 Å². The summed E-state index contributed by atoms with van der Waals surface area (Å²) in [5, 5.41) is -1.89. The predicted molar refractivity (Wildman–Crippen MR) is 123 cm³/mol. The highest BCUT2D eigenvalue weighted by atomic mass is 79.9. The van der Waals surface area contributed by atoms with E-state index in [0.717, 1.165) is 5.56 Å². The molecule has 1 N–H and O–H groups in total. The lowest BCUT2D eigenvalue weighted by Crippen LogP contribution is -2.63. The van der Waals surface area contributed by atoms with Crippen LogP contribution in [0, 0.1) is 5.82 Å². The molecule has 5 nitrogen and oxygen atoms in total. The molecule has 0 bridgehead atoms. The summed E-state index contributed by atoms with van der Waals surface area (Å²) < 4.78 is 64.9. The molecular weight excluding hydrogens is 521 g/mol. The van der Waals surface area contributed by atoms with Crippen LogP contribution < -0.4 is 4.72 Å². The largest absolute Gasteiger partial charge is 0.595 e. The number of likely N-dealkylation sites (tertiary alicyclic amines) is 1. The van der Waals surface area contributed by atoms with Crippen LogP contribution in [-0.4, -0.2) is 45.3 Å². The topological polar surface area (TPSA) is 64.6 Å². The van der Waals surface area contributed by atoms with Gasteiger partial charge in [0.2, 0.25) is 0 Å². The maximum atomic E-state index is 15.0. The van der Waals surface area contributed by atoms with E-state index in [1.54, 1.807) is 24.3 Å². The molecule has 1 heterocycles. The minimum atomic E-state index is -2.13. The summed E-state index contributed by atoms with van der Waals surface area (Å²) in [6, 6.07) is 11.7. The summed E-state index contributed by atoms with van der Waals surface area (Å²) in [5.74, 6) is -0.528. The maximum absolute atomic E-state index is 15.0. The van der Waals surface area contributed by atoms with Gasteiger partial charge in [-0.15, -0.1) is 4.72 Å². The van der Waals surface area contributed by atoms with Crippen molar-refractivity contribution in [3.8, 4) is 0 Å². The van der Waals surface area contributed by atoms with Gasteiger partial charge >= 0.3 is 6.09 Å². The van der Waals surface area contributed by atoms with Crippen molar-refractivity contribution < 1.29 is 27.3 Å². The minimum Gasteiger partial charge on any atom is -0.595 e. The van der Waals surface area contributed by atoms with Crippen LogP contribution in [-0.2, 0) is 29.1 Å². The summed E-state index contributed by atoms with van der Waals surface area (Å²) in [6.45, 7) is 0.0610. The van der Waals surface area contributed by atoms with Crippen molar-refractivity contribution in [3.05, 3.63) is 69.9 Å². The van der Waals surface area contributed by atoms with Gasteiger partial charge in [0.1, 0.15) is 24.6 Å². The predicted octanol–water partition coefficient (Wildman–Crippen LogP) is 4.96. The number of alkyl halides is 2. The van der Waals surface area contributed by atoms with Crippen LogP contribution in [0.1, 0.15) is 30.4 Å². The Labute approximate surface area is 202 Å². The Kier molecular flexibility index (Phi) is 7.57. The molecule has 0 spiro atoms. The van der Waals surface area contributed by atoms with Crippen LogP contribution in [0.2, 0.25) is 0 Å². The lowest BCUT2D eigenvalue weighted by atomic mass is 9.90. The number of piperidine rings is 1. The third kappa shape index (κ3) is 5.67. The van der Waals surface area contributed by atoms with E-state index >= 15 is 4.39 Å². The second-order valence-corrected chi connectivity index (χ2v) is 10.7. The molecule has 33 heavy (non-hydrogen) atoms. The number of amides is 1. The van der Waals surface area contributed by atoms with Crippen LogP contribution in [0.5, 0.6) is 0 Å². The van der Waals surface area contributed by atoms with Crippen LogP contribution in [0.25, 0.3) is 0 Å². The molecule has 1 amide bonds. The summed E-state index contributed by atoms with van der Waals surface area (Å²) in [5.41, 5.74) is 1.04. The number of rotatable bonds is 7. The van der Waals surface area contributed by atoms with Gasteiger partial charge in [-0.1, -0.05) is 42.5 Å². The second kappa shape index (κ2) is 10.2. The zero-order chi connectivity index (χ0) is 23.6.